The van der Waals surface area contributed by atoms with Crippen LogP contribution in [0.4, 0.5) is 5.82 Å². The number of carboxylic acid groups (broad SMARTS) is 1. The second-order valence-electron chi connectivity index (χ2n) is 5.34. The number of hydrogen-bond acceptors (Lipinski definition) is 4. The SMILES string of the molecule is Cc1ccc(C(N)=O)c(N(CC(=O)O)C(C)(C)C)n1. The number of amides is 1. The van der Waals surface area contributed by atoms with Crippen molar-refractivity contribution in [1.82, 2.24) is 4.98 Å². The molecule has 0 atom stereocenters. The summed E-state index contributed by atoms with van der Waals surface area (Å²) in [6, 6.07) is 3.24. The summed E-state index contributed by atoms with van der Waals surface area (Å²) in [6.45, 7) is 7.08. The number of carbonyl (C=O) groups is 2. The predicted octanol–water partition coefficient (Wildman–Crippen LogP) is 1.18. The summed E-state index contributed by atoms with van der Waals surface area (Å²) < 4.78 is 0. The van der Waals surface area contributed by atoms with Crippen molar-refractivity contribution in [3.8, 4) is 0 Å². The van der Waals surface area contributed by atoms with Gasteiger partial charge in [0, 0.05) is 11.2 Å². The van der Waals surface area contributed by atoms with Crippen LogP contribution in [0.5, 0.6) is 0 Å². The molecule has 0 aliphatic heterocycles. The summed E-state index contributed by atoms with van der Waals surface area (Å²) in [5.74, 6) is -1.31. The molecule has 19 heavy (non-hydrogen) atoms. The number of carbonyl (C=O) groups excluding carboxylic acids is 1. The highest BCUT2D eigenvalue weighted by Gasteiger charge is 2.28. The highest BCUT2D eigenvalue weighted by molar-refractivity contribution is 5.98. The molecular weight excluding hydrogens is 246 g/mol. The van der Waals surface area contributed by atoms with E-state index in [1.807, 2.05) is 20.8 Å². The van der Waals surface area contributed by atoms with E-state index in [-0.39, 0.29) is 12.1 Å². The van der Waals surface area contributed by atoms with Crippen molar-refractivity contribution in [3.63, 3.8) is 0 Å². The van der Waals surface area contributed by atoms with Crippen molar-refractivity contribution in [2.24, 2.45) is 5.73 Å². The van der Waals surface area contributed by atoms with E-state index in [4.69, 9.17) is 10.8 Å². The van der Waals surface area contributed by atoms with Gasteiger partial charge in [-0.1, -0.05) is 0 Å². The highest BCUT2D eigenvalue weighted by Crippen LogP contribution is 2.25. The topological polar surface area (TPSA) is 96.5 Å². The molecule has 1 aromatic heterocycles. The molecule has 0 fully saturated rings. The van der Waals surface area contributed by atoms with E-state index in [0.29, 0.717) is 11.5 Å². The normalized spacial score (nSPS) is 11.2. The number of nitrogens with zero attached hydrogens (tertiary/aromatic N) is 2. The van der Waals surface area contributed by atoms with E-state index in [1.54, 1.807) is 24.0 Å². The Labute approximate surface area is 112 Å². The maximum absolute atomic E-state index is 11.5. The first-order chi connectivity index (χ1) is 8.62. The van der Waals surface area contributed by atoms with Crippen LogP contribution in [0.25, 0.3) is 0 Å². The van der Waals surface area contributed by atoms with Crippen LogP contribution in [0.3, 0.4) is 0 Å². The predicted molar refractivity (Wildman–Crippen MR) is 72.2 cm³/mol. The maximum Gasteiger partial charge on any atom is 0.323 e. The molecule has 0 spiro atoms. The Morgan fingerprint density at radius 3 is 2.37 bits per heavy atom. The molecule has 0 bridgehead atoms. The Hall–Kier alpha value is -2.11. The van der Waals surface area contributed by atoms with Gasteiger partial charge in [-0.15, -0.1) is 0 Å². The third kappa shape index (κ3) is 3.67. The summed E-state index contributed by atoms with van der Waals surface area (Å²) >= 11 is 0. The van der Waals surface area contributed by atoms with E-state index >= 15 is 0 Å². The van der Waals surface area contributed by atoms with Crippen LogP contribution in [0.2, 0.25) is 0 Å². The van der Waals surface area contributed by atoms with Crippen LogP contribution < -0.4 is 10.6 Å². The van der Waals surface area contributed by atoms with Gasteiger partial charge in [0.05, 0.1) is 5.56 Å². The molecule has 3 N–H and O–H groups in total. The smallest absolute Gasteiger partial charge is 0.323 e. The van der Waals surface area contributed by atoms with E-state index in [0.717, 1.165) is 0 Å². The Balaban J connectivity index is 3.40. The molecule has 1 heterocycles. The summed E-state index contributed by atoms with van der Waals surface area (Å²) in [7, 11) is 0. The molecule has 1 rings (SSSR count). The molecular formula is C13H19N3O3. The average molecular weight is 265 g/mol. The Morgan fingerprint density at radius 2 is 1.95 bits per heavy atom. The highest BCUT2D eigenvalue weighted by atomic mass is 16.4. The Bertz CT molecular complexity index is 506. The van der Waals surface area contributed by atoms with Crippen molar-refractivity contribution in [1.29, 1.82) is 0 Å². The number of primary amides is 1. The largest absolute Gasteiger partial charge is 0.480 e. The molecule has 0 radical (unpaired) electrons. The molecule has 0 saturated carbocycles. The third-order valence-electron chi connectivity index (χ3n) is 2.64. The third-order valence-corrected chi connectivity index (χ3v) is 2.64. The van der Waals surface area contributed by atoms with Crippen LogP contribution in [-0.2, 0) is 4.79 Å². The lowest BCUT2D eigenvalue weighted by molar-refractivity contribution is -0.135. The van der Waals surface area contributed by atoms with Gasteiger partial charge in [0.15, 0.2) is 0 Å². The van der Waals surface area contributed by atoms with Gasteiger partial charge in [-0.2, -0.15) is 0 Å². The number of carboxylic acids is 1. The number of anilines is 1. The minimum Gasteiger partial charge on any atom is -0.480 e. The number of hydrogen-bond donors (Lipinski definition) is 2. The number of aromatic nitrogens is 1. The Kier molecular flexibility index (Phi) is 4.14. The van der Waals surface area contributed by atoms with Crippen LogP contribution in [0.1, 0.15) is 36.8 Å². The summed E-state index contributed by atoms with van der Waals surface area (Å²) in [4.78, 5) is 28.3. The van der Waals surface area contributed by atoms with Gasteiger partial charge < -0.3 is 15.7 Å². The number of aliphatic carboxylic acids is 1. The first-order valence-electron chi connectivity index (χ1n) is 5.90. The van der Waals surface area contributed by atoms with Crippen molar-refractivity contribution >= 4 is 17.7 Å². The van der Waals surface area contributed by atoms with Crippen LogP contribution in [0, 0.1) is 6.92 Å². The number of pyridine rings is 1. The lowest BCUT2D eigenvalue weighted by Crippen LogP contribution is -2.46. The lowest BCUT2D eigenvalue weighted by Gasteiger charge is -2.36. The molecule has 1 amide bonds. The second kappa shape index (κ2) is 5.26. The monoisotopic (exact) mass is 265 g/mol. The first-order valence-corrected chi connectivity index (χ1v) is 5.90. The quantitative estimate of drug-likeness (QED) is 0.852. The molecule has 6 heteroatoms. The molecule has 0 aliphatic carbocycles. The molecule has 0 aromatic carbocycles. The van der Waals surface area contributed by atoms with Gasteiger partial charge in [-0.05, 0) is 39.8 Å². The molecule has 6 nitrogen and oxygen atoms in total. The average Bonchev–Trinajstić information content (AvgIpc) is 2.23. The zero-order chi connectivity index (χ0) is 14.8. The fraction of sp³-hybridized carbons (Fsp3) is 0.462. The molecule has 0 unspecified atom stereocenters. The van der Waals surface area contributed by atoms with Gasteiger partial charge in [0.2, 0.25) is 0 Å². The van der Waals surface area contributed by atoms with Crippen molar-refractivity contribution in [3.05, 3.63) is 23.4 Å². The van der Waals surface area contributed by atoms with Crippen molar-refractivity contribution in [2.75, 3.05) is 11.4 Å². The summed E-state index contributed by atoms with van der Waals surface area (Å²) in [5, 5.41) is 9.02. The van der Waals surface area contributed by atoms with E-state index < -0.39 is 17.4 Å². The van der Waals surface area contributed by atoms with Crippen LogP contribution in [0.15, 0.2) is 12.1 Å². The van der Waals surface area contributed by atoms with Gasteiger partial charge in [-0.3, -0.25) is 9.59 Å². The molecule has 0 saturated heterocycles. The van der Waals surface area contributed by atoms with Gasteiger partial charge in [0.1, 0.15) is 12.4 Å². The number of rotatable bonds is 4. The van der Waals surface area contributed by atoms with Crippen molar-refractivity contribution < 1.29 is 14.7 Å². The number of nitrogens with two attached hydrogens (primary N) is 1. The zero-order valence-corrected chi connectivity index (χ0v) is 11.6. The molecule has 0 aliphatic rings. The van der Waals surface area contributed by atoms with Crippen LogP contribution >= 0.6 is 0 Å². The first kappa shape index (κ1) is 14.9. The van der Waals surface area contributed by atoms with Crippen LogP contribution in [-0.4, -0.2) is 34.1 Å². The lowest BCUT2D eigenvalue weighted by atomic mass is 10.0. The van der Waals surface area contributed by atoms with E-state index in [1.165, 1.54) is 0 Å². The minimum absolute atomic E-state index is 0.224. The number of aryl methyl sites for hydroxylation is 1. The standard InChI is InChI=1S/C13H19N3O3/c1-8-5-6-9(11(14)19)12(15-8)16(7-10(17)18)13(2,3)4/h5-6H,7H2,1-4H3,(H2,14,19)(H,17,18). The van der Waals surface area contributed by atoms with E-state index in [2.05, 4.69) is 4.98 Å². The second-order valence-corrected chi connectivity index (χ2v) is 5.34. The summed E-state index contributed by atoms with van der Waals surface area (Å²) in [6.07, 6.45) is 0. The minimum atomic E-state index is -0.992. The fourth-order valence-corrected chi connectivity index (χ4v) is 1.71. The Morgan fingerprint density at radius 1 is 1.37 bits per heavy atom. The molecule has 104 valence electrons. The van der Waals surface area contributed by atoms with Gasteiger partial charge in [-0.25, -0.2) is 4.98 Å². The molecule has 1 aromatic rings. The zero-order valence-electron chi connectivity index (χ0n) is 11.6. The maximum atomic E-state index is 11.5. The van der Waals surface area contributed by atoms with Gasteiger partial charge >= 0.3 is 5.97 Å². The summed E-state index contributed by atoms with van der Waals surface area (Å²) in [5.41, 5.74) is 5.74. The van der Waals surface area contributed by atoms with Gasteiger partial charge in [0.25, 0.3) is 5.91 Å². The van der Waals surface area contributed by atoms with Crippen molar-refractivity contribution in [2.45, 2.75) is 33.2 Å². The fourth-order valence-electron chi connectivity index (χ4n) is 1.71. The van der Waals surface area contributed by atoms with E-state index in [9.17, 15) is 9.59 Å².